The molecule has 1 fully saturated rings. The van der Waals surface area contributed by atoms with E-state index in [-0.39, 0.29) is 6.04 Å². The third-order valence-electron chi connectivity index (χ3n) is 3.59. The molecular formula is C14H26F3NO. The second-order valence-corrected chi connectivity index (χ2v) is 5.48. The van der Waals surface area contributed by atoms with Crippen LogP contribution < -0.4 is 5.48 Å². The van der Waals surface area contributed by atoms with Gasteiger partial charge in [-0.2, -0.15) is 18.7 Å². The van der Waals surface area contributed by atoms with Crippen molar-refractivity contribution in [1.29, 1.82) is 0 Å². The molecule has 1 aliphatic carbocycles. The van der Waals surface area contributed by atoms with Crippen LogP contribution in [0.1, 0.15) is 70.6 Å². The first-order chi connectivity index (χ1) is 9.08. The average molecular weight is 281 g/mol. The Morgan fingerprint density at radius 2 is 1.21 bits per heavy atom. The van der Waals surface area contributed by atoms with Crippen molar-refractivity contribution in [2.45, 2.75) is 82.8 Å². The van der Waals surface area contributed by atoms with Crippen molar-refractivity contribution in [2.75, 3.05) is 6.61 Å². The Balaban J connectivity index is 2.22. The van der Waals surface area contributed by atoms with E-state index in [9.17, 15) is 13.2 Å². The monoisotopic (exact) mass is 281 g/mol. The van der Waals surface area contributed by atoms with Crippen molar-refractivity contribution in [3.63, 3.8) is 0 Å². The molecule has 0 aromatic carbocycles. The summed E-state index contributed by atoms with van der Waals surface area (Å²) in [5, 5.41) is 0. The molecule has 114 valence electrons. The Hall–Kier alpha value is -0.290. The third-order valence-corrected chi connectivity index (χ3v) is 3.59. The maximum absolute atomic E-state index is 12.0. The summed E-state index contributed by atoms with van der Waals surface area (Å²) in [4.78, 5) is 4.59. The summed E-state index contributed by atoms with van der Waals surface area (Å²) in [7, 11) is 0. The van der Waals surface area contributed by atoms with Crippen molar-refractivity contribution in [2.24, 2.45) is 0 Å². The summed E-state index contributed by atoms with van der Waals surface area (Å²) in [5.41, 5.74) is 2.61. The van der Waals surface area contributed by atoms with Gasteiger partial charge in [0.25, 0.3) is 0 Å². The fraction of sp³-hybridized carbons (Fsp3) is 1.00. The maximum atomic E-state index is 12.0. The van der Waals surface area contributed by atoms with E-state index in [1.54, 1.807) is 0 Å². The van der Waals surface area contributed by atoms with E-state index in [0.717, 1.165) is 25.7 Å². The molecule has 19 heavy (non-hydrogen) atoms. The molecule has 1 saturated carbocycles. The summed E-state index contributed by atoms with van der Waals surface area (Å²) >= 11 is 0. The van der Waals surface area contributed by atoms with Crippen molar-refractivity contribution >= 4 is 0 Å². The first-order valence-corrected chi connectivity index (χ1v) is 7.52. The summed E-state index contributed by atoms with van der Waals surface area (Å²) in [6.45, 7) is -1.20. The zero-order valence-corrected chi connectivity index (χ0v) is 11.6. The van der Waals surface area contributed by atoms with Gasteiger partial charge in [-0.25, -0.2) is 0 Å². The van der Waals surface area contributed by atoms with Gasteiger partial charge in [0.05, 0.1) is 0 Å². The highest BCUT2D eigenvalue weighted by Crippen LogP contribution is 2.18. The minimum absolute atomic E-state index is 0.0711. The van der Waals surface area contributed by atoms with E-state index < -0.39 is 12.8 Å². The molecule has 1 rings (SSSR count). The molecular weight excluding hydrogens is 255 g/mol. The molecule has 5 heteroatoms. The molecule has 0 atom stereocenters. The Morgan fingerprint density at radius 3 is 1.63 bits per heavy atom. The molecule has 0 amide bonds. The van der Waals surface area contributed by atoms with E-state index in [0.29, 0.717) is 0 Å². The fourth-order valence-corrected chi connectivity index (χ4v) is 2.52. The minimum Gasteiger partial charge on any atom is -0.292 e. The molecule has 0 aliphatic heterocycles. The molecule has 0 aromatic rings. The van der Waals surface area contributed by atoms with Gasteiger partial charge in [0.1, 0.15) is 0 Å². The normalized spacial score (nSPS) is 21.6. The van der Waals surface area contributed by atoms with Crippen LogP contribution in [-0.4, -0.2) is 18.8 Å². The zero-order chi connectivity index (χ0) is 14.0. The van der Waals surface area contributed by atoms with Crippen molar-refractivity contribution in [1.82, 2.24) is 5.48 Å². The SMILES string of the molecule is FC(F)(F)CONC1CCCCCCCCCCC1. The van der Waals surface area contributed by atoms with E-state index in [1.807, 2.05) is 0 Å². The van der Waals surface area contributed by atoms with Gasteiger partial charge in [-0.15, -0.1) is 0 Å². The Kier molecular flexibility index (Phi) is 8.46. The van der Waals surface area contributed by atoms with Crippen molar-refractivity contribution in [3.05, 3.63) is 0 Å². The molecule has 0 spiro atoms. The molecule has 0 heterocycles. The van der Waals surface area contributed by atoms with Crippen LogP contribution in [0.25, 0.3) is 0 Å². The van der Waals surface area contributed by atoms with Crippen LogP contribution in [0.5, 0.6) is 0 Å². The standard InChI is InChI=1S/C14H26F3NO/c15-14(16,17)12-19-18-13-10-8-6-4-2-1-3-5-7-9-11-13/h13,18H,1-12H2. The van der Waals surface area contributed by atoms with Gasteiger partial charge in [-0.3, -0.25) is 4.84 Å². The number of alkyl halides is 3. The zero-order valence-electron chi connectivity index (χ0n) is 11.6. The highest BCUT2D eigenvalue weighted by Gasteiger charge is 2.28. The molecule has 1 aliphatic rings. The van der Waals surface area contributed by atoms with Gasteiger partial charge in [-0.1, -0.05) is 57.8 Å². The topological polar surface area (TPSA) is 21.3 Å². The van der Waals surface area contributed by atoms with Gasteiger partial charge in [0, 0.05) is 6.04 Å². The lowest BCUT2D eigenvalue weighted by atomic mass is 9.98. The van der Waals surface area contributed by atoms with Crippen LogP contribution in [-0.2, 0) is 4.84 Å². The van der Waals surface area contributed by atoms with Gasteiger partial charge in [-0.05, 0) is 12.8 Å². The maximum Gasteiger partial charge on any atom is 0.413 e. The molecule has 0 bridgehead atoms. The highest BCUT2D eigenvalue weighted by atomic mass is 19.4. The van der Waals surface area contributed by atoms with Crippen molar-refractivity contribution < 1.29 is 18.0 Å². The molecule has 0 saturated heterocycles. The number of hydroxylamine groups is 1. The fourth-order valence-electron chi connectivity index (χ4n) is 2.52. The first kappa shape index (κ1) is 16.8. The second kappa shape index (κ2) is 9.59. The van der Waals surface area contributed by atoms with Gasteiger partial charge >= 0.3 is 6.18 Å². The molecule has 0 radical (unpaired) electrons. The Morgan fingerprint density at radius 1 is 0.789 bits per heavy atom. The van der Waals surface area contributed by atoms with Crippen LogP contribution in [0.15, 0.2) is 0 Å². The molecule has 0 unspecified atom stereocenters. The molecule has 1 N–H and O–H groups in total. The number of rotatable bonds is 3. The number of halogens is 3. The highest BCUT2D eigenvalue weighted by molar-refractivity contribution is 4.64. The van der Waals surface area contributed by atoms with E-state index in [1.165, 1.54) is 44.9 Å². The van der Waals surface area contributed by atoms with E-state index in [4.69, 9.17) is 0 Å². The molecule has 0 aromatic heterocycles. The number of hydrogen-bond donors (Lipinski definition) is 1. The predicted molar refractivity (Wildman–Crippen MR) is 69.7 cm³/mol. The van der Waals surface area contributed by atoms with Gasteiger partial charge in [0.15, 0.2) is 6.61 Å². The third kappa shape index (κ3) is 10.2. The predicted octanol–water partition coefficient (Wildman–Crippen LogP) is 4.74. The van der Waals surface area contributed by atoms with Crippen LogP contribution in [0, 0.1) is 0 Å². The number of nitrogens with one attached hydrogen (secondary N) is 1. The summed E-state index contributed by atoms with van der Waals surface area (Å²) in [6, 6.07) is 0.0711. The van der Waals surface area contributed by atoms with Crippen LogP contribution in [0.3, 0.4) is 0 Å². The Bertz CT molecular complexity index is 209. The number of hydrogen-bond acceptors (Lipinski definition) is 2. The van der Waals surface area contributed by atoms with Gasteiger partial charge in [0.2, 0.25) is 0 Å². The lowest BCUT2D eigenvalue weighted by Gasteiger charge is -2.19. The average Bonchev–Trinajstić information content (AvgIpc) is 2.30. The summed E-state index contributed by atoms with van der Waals surface area (Å²) in [5.74, 6) is 0. The lowest BCUT2D eigenvalue weighted by molar-refractivity contribution is -0.193. The summed E-state index contributed by atoms with van der Waals surface area (Å²) < 4.78 is 36.0. The van der Waals surface area contributed by atoms with Crippen LogP contribution in [0.4, 0.5) is 13.2 Å². The smallest absolute Gasteiger partial charge is 0.292 e. The van der Waals surface area contributed by atoms with Crippen molar-refractivity contribution in [3.8, 4) is 0 Å². The Labute approximate surface area is 114 Å². The van der Waals surface area contributed by atoms with Crippen LogP contribution >= 0.6 is 0 Å². The van der Waals surface area contributed by atoms with E-state index >= 15 is 0 Å². The van der Waals surface area contributed by atoms with E-state index in [2.05, 4.69) is 10.3 Å². The largest absolute Gasteiger partial charge is 0.413 e. The lowest BCUT2D eigenvalue weighted by Crippen LogP contribution is -2.33. The van der Waals surface area contributed by atoms with Crippen LogP contribution in [0.2, 0.25) is 0 Å². The minimum atomic E-state index is -4.25. The van der Waals surface area contributed by atoms with Gasteiger partial charge < -0.3 is 0 Å². The first-order valence-electron chi connectivity index (χ1n) is 7.52. The summed E-state index contributed by atoms with van der Waals surface area (Å²) in [6.07, 6.45) is 8.50. The molecule has 2 nitrogen and oxygen atoms in total. The second-order valence-electron chi connectivity index (χ2n) is 5.48. The quantitative estimate of drug-likeness (QED) is 0.754.